The molecule has 0 aliphatic carbocycles. The molecular weight excluding hydrogens is 337 g/mol. The van der Waals surface area contributed by atoms with E-state index in [-0.39, 0.29) is 24.0 Å². The lowest BCUT2D eigenvalue weighted by Gasteiger charge is -2.03. The van der Waals surface area contributed by atoms with E-state index in [1.54, 1.807) is 0 Å². The van der Waals surface area contributed by atoms with E-state index in [4.69, 9.17) is 4.74 Å². The van der Waals surface area contributed by atoms with Crippen LogP contribution in [0.1, 0.15) is 11.1 Å². The molecule has 0 bridgehead atoms. The number of halogens is 1. The molecule has 0 spiro atoms. The minimum absolute atomic E-state index is 0. The van der Waals surface area contributed by atoms with Crippen LogP contribution in [0.2, 0.25) is 0 Å². The number of aryl methyl sites for hydroxylation is 1. The highest BCUT2D eigenvalue weighted by Gasteiger charge is 1.98. The van der Waals surface area contributed by atoms with E-state index < -0.39 is 0 Å². The Hall–Kier alpha value is -0.940. The standard InChI is InChI=1S/C15H18NO.HI/c1-14-5-7-15(8-6-14)13-17-12-11-16-9-3-2-4-10-16;/h2-10H,11-13H2,1H3;1H/q+1;/p-1. The van der Waals surface area contributed by atoms with Crippen molar-refractivity contribution in [1.29, 1.82) is 0 Å². The summed E-state index contributed by atoms with van der Waals surface area (Å²) in [7, 11) is 0. The topological polar surface area (TPSA) is 13.1 Å². The molecule has 0 atom stereocenters. The number of rotatable bonds is 5. The maximum absolute atomic E-state index is 5.64. The quantitative estimate of drug-likeness (QED) is 0.401. The maximum Gasteiger partial charge on any atom is 0.171 e. The molecule has 0 fully saturated rings. The van der Waals surface area contributed by atoms with Gasteiger partial charge in [0, 0.05) is 12.1 Å². The molecule has 0 saturated heterocycles. The van der Waals surface area contributed by atoms with E-state index in [1.165, 1.54) is 11.1 Å². The van der Waals surface area contributed by atoms with E-state index in [0.717, 1.165) is 13.2 Å². The highest BCUT2D eigenvalue weighted by Crippen LogP contribution is 2.04. The minimum atomic E-state index is 0. The molecule has 1 aromatic carbocycles. The van der Waals surface area contributed by atoms with Crippen LogP contribution in [0, 0.1) is 6.92 Å². The Bertz CT molecular complexity index is 442. The molecule has 0 radical (unpaired) electrons. The van der Waals surface area contributed by atoms with Crippen molar-refractivity contribution in [2.45, 2.75) is 20.1 Å². The highest BCUT2D eigenvalue weighted by molar-refractivity contribution is 5.20. The van der Waals surface area contributed by atoms with Crippen LogP contribution < -0.4 is 28.5 Å². The summed E-state index contributed by atoms with van der Waals surface area (Å²) < 4.78 is 7.76. The number of aromatic nitrogens is 1. The zero-order valence-corrected chi connectivity index (χ0v) is 12.7. The van der Waals surface area contributed by atoms with Crippen molar-refractivity contribution in [3.05, 3.63) is 66.0 Å². The van der Waals surface area contributed by atoms with E-state index in [9.17, 15) is 0 Å². The normalized spacial score (nSPS) is 9.83. The minimum Gasteiger partial charge on any atom is -1.00 e. The molecule has 2 nitrogen and oxygen atoms in total. The molecule has 0 aliphatic rings. The molecule has 3 heteroatoms. The fourth-order valence-electron chi connectivity index (χ4n) is 1.63. The molecule has 0 N–H and O–H groups in total. The third-order valence-corrected chi connectivity index (χ3v) is 2.66. The summed E-state index contributed by atoms with van der Waals surface area (Å²) in [5, 5.41) is 0. The van der Waals surface area contributed by atoms with Crippen LogP contribution in [0.3, 0.4) is 0 Å². The second-order valence-corrected chi connectivity index (χ2v) is 4.15. The first-order valence-corrected chi connectivity index (χ1v) is 5.92. The van der Waals surface area contributed by atoms with Gasteiger partial charge in [-0.05, 0) is 12.5 Å². The summed E-state index contributed by atoms with van der Waals surface area (Å²) in [4.78, 5) is 0. The summed E-state index contributed by atoms with van der Waals surface area (Å²) in [5.74, 6) is 0. The predicted octanol–water partition coefficient (Wildman–Crippen LogP) is -0.497. The maximum atomic E-state index is 5.64. The summed E-state index contributed by atoms with van der Waals surface area (Å²) in [6.45, 7) is 4.42. The van der Waals surface area contributed by atoms with E-state index in [0.29, 0.717) is 6.61 Å². The number of nitrogens with zero attached hydrogens (tertiary/aromatic N) is 1. The fourth-order valence-corrected chi connectivity index (χ4v) is 1.63. The highest BCUT2D eigenvalue weighted by atomic mass is 127. The molecular formula is C15H18INO. The van der Waals surface area contributed by atoms with Gasteiger partial charge in [-0.3, -0.25) is 0 Å². The first-order valence-electron chi connectivity index (χ1n) is 5.92. The summed E-state index contributed by atoms with van der Waals surface area (Å²) in [5.41, 5.74) is 2.52. The van der Waals surface area contributed by atoms with Gasteiger partial charge in [0.15, 0.2) is 18.9 Å². The van der Waals surface area contributed by atoms with Gasteiger partial charge in [-0.2, -0.15) is 0 Å². The molecule has 0 aliphatic heterocycles. The van der Waals surface area contributed by atoms with Crippen LogP contribution in [-0.2, 0) is 17.9 Å². The first-order chi connectivity index (χ1) is 8.34. The Morgan fingerprint density at radius 3 is 2.33 bits per heavy atom. The largest absolute Gasteiger partial charge is 1.00 e. The molecule has 96 valence electrons. The lowest BCUT2D eigenvalue weighted by Crippen LogP contribution is -3.00. The Morgan fingerprint density at radius 1 is 1.00 bits per heavy atom. The zero-order valence-electron chi connectivity index (χ0n) is 10.6. The monoisotopic (exact) mass is 355 g/mol. The number of hydrogen-bond donors (Lipinski definition) is 0. The third-order valence-electron chi connectivity index (χ3n) is 2.66. The molecule has 18 heavy (non-hydrogen) atoms. The molecule has 1 heterocycles. The van der Waals surface area contributed by atoms with Crippen LogP contribution in [0.25, 0.3) is 0 Å². The van der Waals surface area contributed by atoms with Crippen molar-refractivity contribution in [3.8, 4) is 0 Å². The zero-order chi connectivity index (χ0) is 11.9. The average Bonchev–Trinajstić information content (AvgIpc) is 2.38. The lowest BCUT2D eigenvalue weighted by molar-refractivity contribution is -0.698. The van der Waals surface area contributed by atoms with Crippen molar-refractivity contribution in [2.24, 2.45) is 0 Å². The van der Waals surface area contributed by atoms with E-state index in [1.807, 2.05) is 18.2 Å². The van der Waals surface area contributed by atoms with Crippen LogP contribution in [-0.4, -0.2) is 6.61 Å². The predicted molar refractivity (Wildman–Crippen MR) is 67.5 cm³/mol. The van der Waals surface area contributed by atoms with Crippen LogP contribution in [0.4, 0.5) is 0 Å². The number of hydrogen-bond acceptors (Lipinski definition) is 1. The van der Waals surface area contributed by atoms with Crippen LogP contribution >= 0.6 is 0 Å². The van der Waals surface area contributed by atoms with Gasteiger partial charge in [0.1, 0.15) is 6.61 Å². The molecule has 2 rings (SSSR count). The van der Waals surface area contributed by atoms with Crippen molar-refractivity contribution in [1.82, 2.24) is 0 Å². The Balaban J connectivity index is 0.00000162. The number of pyridine rings is 1. The van der Waals surface area contributed by atoms with Crippen molar-refractivity contribution < 1.29 is 33.3 Å². The van der Waals surface area contributed by atoms with Crippen LogP contribution in [0.15, 0.2) is 54.9 Å². The SMILES string of the molecule is Cc1ccc(COCC[n+]2ccccc2)cc1.[I-]. The van der Waals surface area contributed by atoms with Gasteiger partial charge in [-0.25, -0.2) is 4.57 Å². The summed E-state index contributed by atoms with van der Waals surface area (Å²) >= 11 is 0. The van der Waals surface area contributed by atoms with Gasteiger partial charge in [0.05, 0.1) is 6.61 Å². The van der Waals surface area contributed by atoms with Gasteiger partial charge in [0.2, 0.25) is 0 Å². The van der Waals surface area contributed by atoms with Gasteiger partial charge < -0.3 is 28.7 Å². The first kappa shape index (κ1) is 15.1. The van der Waals surface area contributed by atoms with Gasteiger partial charge in [-0.1, -0.05) is 35.9 Å². The number of ether oxygens (including phenoxy) is 1. The fraction of sp³-hybridized carbons (Fsp3) is 0.267. The van der Waals surface area contributed by atoms with Gasteiger partial charge in [0.25, 0.3) is 0 Å². The van der Waals surface area contributed by atoms with E-state index in [2.05, 4.69) is 48.1 Å². The van der Waals surface area contributed by atoms with Gasteiger partial charge in [-0.15, -0.1) is 0 Å². The Kier molecular flexibility index (Phi) is 6.90. The van der Waals surface area contributed by atoms with Crippen molar-refractivity contribution >= 4 is 0 Å². The Morgan fingerprint density at radius 2 is 1.67 bits per heavy atom. The molecule has 0 amide bonds. The van der Waals surface area contributed by atoms with Gasteiger partial charge >= 0.3 is 0 Å². The average molecular weight is 355 g/mol. The van der Waals surface area contributed by atoms with E-state index >= 15 is 0 Å². The second kappa shape index (κ2) is 8.21. The second-order valence-electron chi connectivity index (χ2n) is 4.15. The Labute approximate surface area is 126 Å². The molecule has 0 unspecified atom stereocenters. The molecule has 0 saturated carbocycles. The summed E-state index contributed by atoms with van der Waals surface area (Å²) in [6.07, 6.45) is 4.10. The van der Waals surface area contributed by atoms with Crippen LogP contribution in [0.5, 0.6) is 0 Å². The summed E-state index contributed by atoms with van der Waals surface area (Å²) in [6, 6.07) is 14.5. The lowest BCUT2D eigenvalue weighted by atomic mass is 10.2. The number of benzene rings is 1. The molecule has 1 aromatic heterocycles. The third kappa shape index (κ3) is 5.14. The van der Waals surface area contributed by atoms with Crippen molar-refractivity contribution in [2.75, 3.05) is 6.61 Å². The smallest absolute Gasteiger partial charge is 0.171 e. The van der Waals surface area contributed by atoms with Crippen molar-refractivity contribution in [3.63, 3.8) is 0 Å². The molecule has 2 aromatic rings.